The largest absolute Gasteiger partial charge is 0.299 e. The molecule has 0 saturated carbocycles. The molecule has 1 aliphatic heterocycles. The molecule has 1 aromatic rings. The average Bonchev–Trinajstić information content (AvgIpc) is 2.18. The van der Waals surface area contributed by atoms with Gasteiger partial charge in [0.05, 0.1) is 4.87 Å². The number of hydrogen-bond donors (Lipinski definition) is 1. The summed E-state index contributed by atoms with van der Waals surface area (Å²) in [7, 11) is 0. The Morgan fingerprint density at radius 3 is 2.93 bits per heavy atom. The zero-order valence-corrected chi connectivity index (χ0v) is 10.1. The molecule has 1 N–H and O–H groups in total. The molecule has 1 fully saturated rings. The molecule has 1 nitrogen and oxygen atoms in total. The second-order valence-electron chi connectivity index (χ2n) is 3.79. The second kappa shape index (κ2) is 4.32. The average molecular weight is 246 g/mol. The number of benzene rings is 1. The number of halogens is 2. The van der Waals surface area contributed by atoms with Gasteiger partial charge < -0.3 is 0 Å². The summed E-state index contributed by atoms with van der Waals surface area (Å²) in [6.07, 6.45) is 1.17. The molecular formula is C11H13ClFNS. The van der Waals surface area contributed by atoms with E-state index in [1.807, 2.05) is 11.8 Å². The standard InChI is InChI=1S/C11H13ClFNS/c1-11(14-5-2-6-15-11)9-4-3-8(13)7-10(9)12/h3-4,7,14H,2,5-6H2,1H3. The minimum Gasteiger partial charge on any atom is -0.299 e. The Morgan fingerprint density at radius 2 is 2.33 bits per heavy atom. The van der Waals surface area contributed by atoms with E-state index in [0.29, 0.717) is 5.02 Å². The van der Waals surface area contributed by atoms with Crippen LogP contribution < -0.4 is 5.32 Å². The molecule has 0 radical (unpaired) electrons. The molecular weight excluding hydrogens is 233 g/mol. The van der Waals surface area contributed by atoms with Crippen LogP contribution in [0.25, 0.3) is 0 Å². The summed E-state index contributed by atoms with van der Waals surface area (Å²) in [4.78, 5) is -0.178. The lowest BCUT2D eigenvalue weighted by Gasteiger charge is -2.35. The third kappa shape index (κ3) is 2.30. The molecule has 1 unspecified atom stereocenters. The molecule has 0 bridgehead atoms. The Kier molecular flexibility index (Phi) is 3.24. The highest BCUT2D eigenvalue weighted by molar-refractivity contribution is 8.00. The number of hydrogen-bond acceptors (Lipinski definition) is 2. The predicted octanol–water partition coefficient (Wildman–Crippen LogP) is 3.38. The smallest absolute Gasteiger partial charge is 0.124 e. The van der Waals surface area contributed by atoms with Gasteiger partial charge in [0.15, 0.2) is 0 Å². The van der Waals surface area contributed by atoms with Crippen molar-refractivity contribution in [3.63, 3.8) is 0 Å². The molecule has 2 rings (SSSR count). The van der Waals surface area contributed by atoms with Gasteiger partial charge in [-0.2, -0.15) is 0 Å². The van der Waals surface area contributed by atoms with E-state index in [4.69, 9.17) is 11.6 Å². The summed E-state index contributed by atoms with van der Waals surface area (Å²) in [6.45, 7) is 3.08. The van der Waals surface area contributed by atoms with Crippen LogP contribution in [0.3, 0.4) is 0 Å². The molecule has 1 heterocycles. The third-order valence-corrected chi connectivity index (χ3v) is 4.37. The van der Waals surface area contributed by atoms with Crippen molar-refractivity contribution in [3.8, 4) is 0 Å². The molecule has 0 amide bonds. The lowest BCUT2D eigenvalue weighted by atomic mass is 10.1. The molecule has 4 heteroatoms. The number of nitrogens with one attached hydrogen (secondary N) is 1. The van der Waals surface area contributed by atoms with Crippen LogP contribution in [0.15, 0.2) is 18.2 Å². The fraction of sp³-hybridized carbons (Fsp3) is 0.455. The van der Waals surface area contributed by atoms with Crippen LogP contribution >= 0.6 is 23.4 Å². The monoisotopic (exact) mass is 245 g/mol. The maximum Gasteiger partial charge on any atom is 0.124 e. The van der Waals surface area contributed by atoms with Crippen molar-refractivity contribution in [2.75, 3.05) is 12.3 Å². The first kappa shape index (κ1) is 11.2. The molecule has 0 aromatic heterocycles. The van der Waals surface area contributed by atoms with Crippen molar-refractivity contribution in [3.05, 3.63) is 34.6 Å². The van der Waals surface area contributed by atoms with Gasteiger partial charge in [0.2, 0.25) is 0 Å². The van der Waals surface area contributed by atoms with Crippen LogP contribution in [0.2, 0.25) is 5.02 Å². The molecule has 1 aliphatic rings. The van der Waals surface area contributed by atoms with E-state index in [2.05, 4.69) is 12.2 Å². The summed E-state index contributed by atoms with van der Waals surface area (Å²) < 4.78 is 12.9. The van der Waals surface area contributed by atoms with Crippen molar-refractivity contribution in [2.45, 2.75) is 18.2 Å². The Labute approximate surface area is 98.4 Å². The Morgan fingerprint density at radius 1 is 1.53 bits per heavy atom. The Balaban J connectivity index is 2.35. The molecule has 1 aromatic carbocycles. The summed E-state index contributed by atoms with van der Waals surface area (Å²) in [5.74, 6) is 0.824. The van der Waals surface area contributed by atoms with Crippen molar-refractivity contribution in [1.29, 1.82) is 0 Å². The summed E-state index contributed by atoms with van der Waals surface area (Å²) in [5.41, 5.74) is 0.968. The van der Waals surface area contributed by atoms with Crippen LogP contribution in [0.1, 0.15) is 18.9 Å². The highest BCUT2D eigenvalue weighted by atomic mass is 35.5. The van der Waals surface area contributed by atoms with E-state index in [-0.39, 0.29) is 10.7 Å². The molecule has 1 saturated heterocycles. The van der Waals surface area contributed by atoms with Gasteiger partial charge in [-0.3, -0.25) is 5.32 Å². The van der Waals surface area contributed by atoms with Gasteiger partial charge in [-0.05, 0) is 37.8 Å². The summed E-state index contributed by atoms with van der Waals surface area (Å²) in [6, 6.07) is 4.60. The molecule has 0 aliphatic carbocycles. The molecule has 15 heavy (non-hydrogen) atoms. The van der Waals surface area contributed by atoms with Crippen LogP contribution in [0.4, 0.5) is 4.39 Å². The topological polar surface area (TPSA) is 12.0 Å². The van der Waals surface area contributed by atoms with E-state index < -0.39 is 0 Å². The Hall–Kier alpha value is -0.250. The minimum absolute atomic E-state index is 0.178. The van der Waals surface area contributed by atoms with Gasteiger partial charge in [0, 0.05) is 10.6 Å². The maximum absolute atomic E-state index is 12.9. The van der Waals surface area contributed by atoms with Crippen LogP contribution in [0.5, 0.6) is 0 Å². The van der Waals surface area contributed by atoms with Crippen LogP contribution in [-0.4, -0.2) is 12.3 Å². The quantitative estimate of drug-likeness (QED) is 0.814. The van der Waals surface area contributed by atoms with Gasteiger partial charge >= 0.3 is 0 Å². The van der Waals surface area contributed by atoms with Crippen molar-refractivity contribution >= 4 is 23.4 Å². The zero-order chi connectivity index (χ0) is 10.9. The van der Waals surface area contributed by atoms with Gasteiger partial charge in [0.25, 0.3) is 0 Å². The fourth-order valence-corrected chi connectivity index (χ4v) is 3.42. The zero-order valence-electron chi connectivity index (χ0n) is 8.52. The first-order valence-electron chi connectivity index (χ1n) is 4.96. The lowest BCUT2D eigenvalue weighted by Crippen LogP contribution is -2.41. The van der Waals surface area contributed by atoms with E-state index >= 15 is 0 Å². The molecule has 0 spiro atoms. The van der Waals surface area contributed by atoms with Crippen molar-refractivity contribution in [1.82, 2.24) is 5.32 Å². The van der Waals surface area contributed by atoms with E-state index in [0.717, 1.165) is 17.9 Å². The van der Waals surface area contributed by atoms with Crippen molar-refractivity contribution in [2.24, 2.45) is 0 Å². The molecule has 82 valence electrons. The highest BCUT2D eigenvalue weighted by Crippen LogP contribution is 2.39. The van der Waals surface area contributed by atoms with E-state index in [1.165, 1.54) is 18.6 Å². The maximum atomic E-state index is 12.9. The summed E-state index contributed by atoms with van der Waals surface area (Å²) in [5, 5.41) is 3.93. The fourth-order valence-electron chi connectivity index (χ4n) is 1.78. The van der Waals surface area contributed by atoms with E-state index in [1.54, 1.807) is 6.07 Å². The molecule has 1 atom stereocenters. The van der Waals surface area contributed by atoms with Gasteiger partial charge in [-0.15, -0.1) is 11.8 Å². The minimum atomic E-state index is -0.284. The van der Waals surface area contributed by atoms with Crippen LogP contribution in [0, 0.1) is 5.82 Å². The normalized spacial score (nSPS) is 26.6. The first-order valence-corrected chi connectivity index (χ1v) is 6.33. The Bertz CT molecular complexity index is 364. The van der Waals surface area contributed by atoms with Gasteiger partial charge in [0.1, 0.15) is 5.82 Å². The van der Waals surface area contributed by atoms with Gasteiger partial charge in [-0.1, -0.05) is 17.7 Å². The highest BCUT2D eigenvalue weighted by Gasteiger charge is 2.30. The van der Waals surface area contributed by atoms with Gasteiger partial charge in [-0.25, -0.2) is 4.39 Å². The SMILES string of the molecule is CC1(c2ccc(F)cc2Cl)NCCCS1. The second-order valence-corrected chi connectivity index (χ2v) is 5.71. The first-order chi connectivity index (χ1) is 7.12. The predicted molar refractivity (Wildman–Crippen MR) is 63.8 cm³/mol. The van der Waals surface area contributed by atoms with E-state index in [9.17, 15) is 4.39 Å². The third-order valence-electron chi connectivity index (χ3n) is 2.62. The number of rotatable bonds is 1. The van der Waals surface area contributed by atoms with Crippen LogP contribution in [-0.2, 0) is 4.87 Å². The lowest BCUT2D eigenvalue weighted by molar-refractivity contribution is 0.504. The number of thioether (sulfide) groups is 1. The summed E-state index contributed by atoms with van der Waals surface area (Å²) >= 11 is 7.88. The van der Waals surface area contributed by atoms with Crippen molar-refractivity contribution < 1.29 is 4.39 Å².